The first-order valence-electron chi connectivity index (χ1n) is 9.37. The van der Waals surface area contributed by atoms with E-state index in [0.29, 0.717) is 6.54 Å². The predicted octanol–water partition coefficient (Wildman–Crippen LogP) is 3.59. The zero-order valence-corrected chi connectivity index (χ0v) is 15.8. The van der Waals surface area contributed by atoms with Gasteiger partial charge in [-0.05, 0) is 68.1 Å². The number of carbonyl (C=O) groups excluding carboxylic acids is 1. The number of hydrogen-bond donors (Lipinski definition) is 1. The number of nitrogens with one attached hydrogen (secondary N) is 1. The molecule has 0 spiro atoms. The van der Waals surface area contributed by atoms with E-state index in [2.05, 4.69) is 34.5 Å². The fourth-order valence-corrected chi connectivity index (χ4v) is 3.22. The number of rotatable bonds is 7. The third kappa shape index (κ3) is 5.33. The van der Waals surface area contributed by atoms with Gasteiger partial charge in [0.15, 0.2) is 6.61 Å². The lowest BCUT2D eigenvalue weighted by Gasteiger charge is -2.15. The van der Waals surface area contributed by atoms with Crippen molar-refractivity contribution in [3.05, 3.63) is 64.7 Å². The van der Waals surface area contributed by atoms with Crippen LogP contribution in [0.25, 0.3) is 0 Å². The standard InChI is InChI=1S/C22H28N2O2/c1-17-5-6-18(2)21(13-17)26-16-22(25)23-14-19-7-9-20(10-8-19)15-24-11-3-4-12-24/h5-10,13H,3-4,11-12,14-16H2,1-2H3,(H,23,25). The number of hydrogen-bond acceptors (Lipinski definition) is 3. The molecule has 2 aromatic rings. The van der Waals surface area contributed by atoms with Gasteiger partial charge in [-0.25, -0.2) is 0 Å². The summed E-state index contributed by atoms with van der Waals surface area (Å²) in [6.45, 7) is 8.00. The van der Waals surface area contributed by atoms with Crippen molar-refractivity contribution in [2.75, 3.05) is 19.7 Å². The van der Waals surface area contributed by atoms with Crippen LogP contribution in [0.2, 0.25) is 0 Å². The van der Waals surface area contributed by atoms with E-state index in [1.807, 2.05) is 32.0 Å². The molecule has 0 aliphatic carbocycles. The van der Waals surface area contributed by atoms with Gasteiger partial charge in [0.2, 0.25) is 0 Å². The maximum atomic E-state index is 12.0. The van der Waals surface area contributed by atoms with Gasteiger partial charge in [0, 0.05) is 13.1 Å². The highest BCUT2D eigenvalue weighted by Crippen LogP contribution is 2.19. The second-order valence-corrected chi connectivity index (χ2v) is 7.13. The number of aryl methyl sites for hydroxylation is 2. The Morgan fingerprint density at radius 3 is 2.46 bits per heavy atom. The first-order chi connectivity index (χ1) is 12.6. The van der Waals surface area contributed by atoms with E-state index >= 15 is 0 Å². The molecule has 0 saturated carbocycles. The minimum atomic E-state index is -0.105. The Kier molecular flexibility index (Phi) is 6.29. The number of ether oxygens (including phenoxy) is 1. The minimum absolute atomic E-state index is 0.0390. The fraction of sp³-hybridized carbons (Fsp3) is 0.409. The Balaban J connectivity index is 1.43. The highest BCUT2D eigenvalue weighted by molar-refractivity contribution is 5.77. The molecular formula is C22H28N2O2. The molecule has 0 bridgehead atoms. The van der Waals surface area contributed by atoms with Crippen molar-refractivity contribution in [2.45, 2.75) is 39.8 Å². The van der Waals surface area contributed by atoms with Crippen molar-refractivity contribution in [3.63, 3.8) is 0 Å². The number of carbonyl (C=O) groups is 1. The average molecular weight is 352 g/mol. The summed E-state index contributed by atoms with van der Waals surface area (Å²) in [5.41, 5.74) is 4.60. The highest BCUT2D eigenvalue weighted by atomic mass is 16.5. The summed E-state index contributed by atoms with van der Waals surface area (Å²) < 4.78 is 5.64. The molecule has 1 N–H and O–H groups in total. The van der Waals surface area contributed by atoms with E-state index in [0.717, 1.165) is 29.0 Å². The molecule has 0 atom stereocenters. The van der Waals surface area contributed by atoms with Crippen molar-refractivity contribution in [1.82, 2.24) is 10.2 Å². The highest BCUT2D eigenvalue weighted by Gasteiger charge is 2.11. The first-order valence-corrected chi connectivity index (χ1v) is 9.37. The number of benzene rings is 2. The van der Waals surface area contributed by atoms with Gasteiger partial charge in [-0.2, -0.15) is 0 Å². The van der Waals surface area contributed by atoms with Crippen molar-refractivity contribution in [2.24, 2.45) is 0 Å². The molecule has 1 aliphatic heterocycles. The Labute approximate surface area is 156 Å². The smallest absolute Gasteiger partial charge is 0.258 e. The molecule has 26 heavy (non-hydrogen) atoms. The Morgan fingerprint density at radius 1 is 1.04 bits per heavy atom. The van der Waals surface area contributed by atoms with E-state index in [9.17, 15) is 4.79 Å². The summed E-state index contributed by atoms with van der Waals surface area (Å²) in [6.07, 6.45) is 2.63. The number of nitrogens with zero attached hydrogens (tertiary/aromatic N) is 1. The van der Waals surface area contributed by atoms with Crippen molar-refractivity contribution in [1.29, 1.82) is 0 Å². The van der Waals surface area contributed by atoms with E-state index in [4.69, 9.17) is 4.74 Å². The second kappa shape index (κ2) is 8.86. The lowest BCUT2D eigenvalue weighted by molar-refractivity contribution is -0.123. The monoisotopic (exact) mass is 352 g/mol. The summed E-state index contributed by atoms with van der Waals surface area (Å²) >= 11 is 0. The van der Waals surface area contributed by atoms with Gasteiger partial charge in [-0.1, -0.05) is 36.4 Å². The van der Waals surface area contributed by atoms with E-state index < -0.39 is 0 Å². The maximum absolute atomic E-state index is 12.0. The van der Waals surface area contributed by atoms with Crippen LogP contribution in [0, 0.1) is 13.8 Å². The van der Waals surface area contributed by atoms with Crippen LogP contribution in [0.4, 0.5) is 0 Å². The van der Waals surface area contributed by atoms with Crippen LogP contribution >= 0.6 is 0 Å². The molecule has 0 unspecified atom stereocenters. The first kappa shape index (κ1) is 18.5. The van der Waals surface area contributed by atoms with Gasteiger partial charge in [0.05, 0.1) is 0 Å². The quantitative estimate of drug-likeness (QED) is 0.828. The van der Waals surface area contributed by atoms with E-state index in [1.165, 1.54) is 31.5 Å². The topological polar surface area (TPSA) is 41.6 Å². The lowest BCUT2D eigenvalue weighted by Crippen LogP contribution is -2.28. The summed E-state index contributed by atoms with van der Waals surface area (Å²) in [4.78, 5) is 14.5. The molecule has 0 radical (unpaired) electrons. The van der Waals surface area contributed by atoms with Gasteiger partial charge in [-0.3, -0.25) is 9.69 Å². The Bertz CT molecular complexity index is 734. The summed E-state index contributed by atoms with van der Waals surface area (Å²) in [7, 11) is 0. The third-order valence-corrected chi connectivity index (χ3v) is 4.82. The largest absolute Gasteiger partial charge is 0.483 e. The maximum Gasteiger partial charge on any atom is 0.258 e. The lowest BCUT2D eigenvalue weighted by atomic mass is 10.1. The molecule has 1 amide bonds. The van der Waals surface area contributed by atoms with Gasteiger partial charge < -0.3 is 10.1 Å². The Morgan fingerprint density at radius 2 is 1.73 bits per heavy atom. The van der Waals surface area contributed by atoms with E-state index in [1.54, 1.807) is 0 Å². The molecular weight excluding hydrogens is 324 g/mol. The molecule has 0 aromatic heterocycles. The Hall–Kier alpha value is -2.33. The van der Waals surface area contributed by atoms with Crippen LogP contribution < -0.4 is 10.1 Å². The van der Waals surface area contributed by atoms with Gasteiger partial charge in [0.25, 0.3) is 5.91 Å². The minimum Gasteiger partial charge on any atom is -0.483 e. The van der Waals surface area contributed by atoms with Crippen molar-refractivity contribution < 1.29 is 9.53 Å². The van der Waals surface area contributed by atoms with Crippen LogP contribution in [0.1, 0.15) is 35.1 Å². The number of amides is 1. The van der Waals surface area contributed by atoms with Crippen LogP contribution in [0.3, 0.4) is 0 Å². The molecule has 138 valence electrons. The zero-order valence-electron chi connectivity index (χ0n) is 15.8. The third-order valence-electron chi connectivity index (χ3n) is 4.82. The summed E-state index contributed by atoms with van der Waals surface area (Å²) in [5, 5.41) is 2.92. The average Bonchev–Trinajstić information content (AvgIpc) is 3.15. The molecule has 1 aliphatic rings. The summed E-state index contributed by atoms with van der Waals surface area (Å²) in [5.74, 6) is 0.665. The summed E-state index contributed by atoms with van der Waals surface area (Å²) in [6, 6.07) is 14.5. The molecule has 2 aromatic carbocycles. The molecule has 1 heterocycles. The van der Waals surface area contributed by atoms with Crippen LogP contribution in [0.15, 0.2) is 42.5 Å². The fourth-order valence-electron chi connectivity index (χ4n) is 3.22. The molecule has 3 rings (SSSR count). The molecule has 4 heteroatoms. The SMILES string of the molecule is Cc1ccc(C)c(OCC(=O)NCc2ccc(CN3CCCC3)cc2)c1. The van der Waals surface area contributed by atoms with Gasteiger partial charge >= 0.3 is 0 Å². The van der Waals surface area contributed by atoms with Crippen LogP contribution in [-0.2, 0) is 17.9 Å². The normalized spacial score (nSPS) is 14.4. The van der Waals surface area contributed by atoms with Gasteiger partial charge in [0.1, 0.15) is 5.75 Å². The predicted molar refractivity (Wildman–Crippen MR) is 104 cm³/mol. The van der Waals surface area contributed by atoms with Crippen molar-refractivity contribution in [3.8, 4) is 5.75 Å². The second-order valence-electron chi connectivity index (χ2n) is 7.13. The molecule has 4 nitrogen and oxygen atoms in total. The number of likely N-dealkylation sites (tertiary alicyclic amines) is 1. The molecule has 1 fully saturated rings. The van der Waals surface area contributed by atoms with Crippen LogP contribution in [-0.4, -0.2) is 30.5 Å². The van der Waals surface area contributed by atoms with Crippen LogP contribution in [0.5, 0.6) is 5.75 Å². The molecule has 1 saturated heterocycles. The van der Waals surface area contributed by atoms with E-state index in [-0.39, 0.29) is 12.5 Å². The van der Waals surface area contributed by atoms with Crippen molar-refractivity contribution >= 4 is 5.91 Å². The zero-order chi connectivity index (χ0) is 18.4. The van der Waals surface area contributed by atoms with Gasteiger partial charge in [-0.15, -0.1) is 0 Å².